The van der Waals surface area contributed by atoms with Gasteiger partial charge in [0.2, 0.25) is 0 Å². The molecule has 0 radical (unpaired) electrons. The van der Waals surface area contributed by atoms with Crippen LogP contribution < -0.4 is 10.1 Å². The first kappa shape index (κ1) is 16.0. The van der Waals surface area contributed by atoms with Gasteiger partial charge in [0.1, 0.15) is 17.7 Å². The van der Waals surface area contributed by atoms with Crippen LogP contribution in [0.3, 0.4) is 0 Å². The minimum atomic E-state index is 0.570. The maximum Gasteiger partial charge on any atom is 0.150 e. The average molecular weight is 325 g/mol. The van der Waals surface area contributed by atoms with Gasteiger partial charge in [-0.2, -0.15) is 0 Å². The first-order chi connectivity index (χ1) is 11.8. The third kappa shape index (κ3) is 2.96. The van der Waals surface area contributed by atoms with Crippen molar-refractivity contribution in [2.24, 2.45) is 0 Å². The Kier molecular flexibility index (Phi) is 4.77. The third-order valence-electron chi connectivity index (χ3n) is 3.85. The van der Waals surface area contributed by atoms with E-state index >= 15 is 0 Å². The fourth-order valence-corrected chi connectivity index (χ4v) is 2.68. The number of rotatable bonds is 7. The smallest absolute Gasteiger partial charge is 0.150 e. The number of aldehydes is 1. The number of hydrogen-bond donors (Lipinski definition) is 2. The molecule has 0 saturated carbocycles. The van der Waals surface area contributed by atoms with Gasteiger partial charge in [-0.1, -0.05) is 6.07 Å². The molecule has 24 heavy (non-hydrogen) atoms. The summed E-state index contributed by atoms with van der Waals surface area (Å²) < 4.78 is 10.6. The number of anilines is 1. The summed E-state index contributed by atoms with van der Waals surface area (Å²) in [6.45, 7) is 1.26. The highest BCUT2D eigenvalue weighted by Gasteiger charge is 2.15. The molecule has 0 aliphatic rings. The Hall–Kier alpha value is -2.86. The second-order valence-electron chi connectivity index (χ2n) is 5.28. The number of methoxy groups -OCH3 is 2. The van der Waals surface area contributed by atoms with E-state index < -0.39 is 0 Å². The van der Waals surface area contributed by atoms with E-state index in [1.807, 2.05) is 18.3 Å². The third-order valence-corrected chi connectivity index (χ3v) is 3.85. The second-order valence-corrected chi connectivity index (χ2v) is 5.28. The number of aromatic amines is 1. The Morgan fingerprint density at radius 3 is 2.88 bits per heavy atom. The van der Waals surface area contributed by atoms with Gasteiger partial charge in [0, 0.05) is 48.1 Å². The number of fused-ring (bicyclic) bond motifs is 1. The lowest BCUT2D eigenvalue weighted by Gasteiger charge is -2.15. The summed E-state index contributed by atoms with van der Waals surface area (Å²) in [5.74, 6) is 0.631. The van der Waals surface area contributed by atoms with Crippen LogP contribution in [-0.2, 0) is 4.74 Å². The van der Waals surface area contributed by atoms with Crippen LogP contribution in [0.5, 0.6) is 5.75 Å². The predicted molar refractivity (Wildman–Crippen MR) is 93.8 cm³/mol. The molecule has 0 spiro atoms. The molecule has 3 rings (SSSR count). The first-order valence-electron chi connectivity index (χ1n) is 7.61. The summed E-state index contributed by atoms with van der Waals surface area (Å²) in [5.41, 5.74) is 4.11. The van der Waals surface area contributed by atoms with E-state index in [1.54, 1.807) is 32.5 Å². The molecule has 0 bridgehead atoms. The van der Waals surface area contributed by atoms with E-state index in [1.165, 1.54) is 0 Å². The molecule has 0 unspecified atom stereocenters. The summed E-state index contributed by atoms with van der Waals surface area (Å²) in [4.78, 5) is 18.6. The zero-order valence-corrected chi connectivity index (χ0v) is 13.6. The first-order valence-corrected chi connectivity index (χ1v) is 7.61. The predicted octanol–water partition coefficient (Wildman–Crippen LogP) is 3.11. The van der Waals surface area contributed by atoms with Crippen LogP contribution in [0.25, 0.3) is 22.2 Å². The van der Waals surface area contributed by atoms with Gasteiger partial charge in [-0.25, -0.2) is 4.98 Å². The number of ether oxygens (including phenoxy) is 2. The minimum Gasteiger partial charge on any atom is -0.496 e. The molecule has 0 atom stereocenters. The van der Waals surface area contributed by atoms with E-state index in [9.17, 15) is 4.79 Å². The van der Waals surface area contributed by atoms with Gasteiger partial charge < -0.3 is 19.8 Å². The standard InChI is InChI=1S/C18H19N3O3/c1-23-8-7-19-17-14-5-6-20-18(14)21-10-15(17)13-4-3-12(11-22)9-16(13)24-2/h3-6,9-11H,7-8H2,1-2H3,(H2,19,20,21). The van der Waals surface area contributed by atoms with Gasteiger partial charge in [0.15, 0.2) is 0 Å². The van der Waals surface area contributed by atoms with E-state index in [2.05, 4.69) is 15.3 Å². The molecule has 2 N–H and O–H groups in total. The minimum absolute atomic E-state index is 0.570. The van der Waals surface area contributed by atoms with Gasteiger partial charge in [-0.15, -0.1) is 0 Å². The van der Waals surface area contributed by atoms with E-state index in [0.717, 1.165) is 34.1 Å². The molecule has 2 heterocycles. The second kappa shape index (κ2) is 7.14. The normalized spacial score (nSPS) is 10.8. The lowest BCUT2D eigenvalue weighted by atomic mass is 10.0. The number of pyridine rings is 1. The van der Waals surface area contributed by atoms with Crippen molar-refractivity contribution in [2.75, 3.05) is 32.7 Å². The Morgan fingerprint density at radius 1 is 1.25 bits per heavy atom. The maximum atomic E-state index is 11.0. The molecule has 0 amide bonds. The monoisotopic (exact) mass is 325 g/mol. The molecular formula is C18H19N3O3. The maximum absolute atomic E-state index is 11.0. The van der Waals surface area contributed by atoms with Gasteiger partial charge in [0.25, 0.3) is 0 Å². The Bertz CT molecular complexity index is 858. The zero-order valence-electron chi connectivity index (χ0n) is 13.6. The van der Waals surface area contributed by atoms with Crippen LogP contribution in [0.2, 0.25) is 0 Å². The zero-order chi connectivity index (χ0) is 16.9. The fourth-order valence-electron chi connectivity index (χ4n) is 2.68. The highest BCUT2D eigenvalue weighted by atomic mass is 16.5. The molecule has 6 nitrogen and oxygen atoms in total. The highest BCUT2D eigenvalue weighted by Crippen LogP contribution is 2.38. The highest BCUT2D eigenvalue weighted by molar-refractivity contribution is 5.99. The Morgan fingerprint density at radius 2 is 2.12 bits per heavy atom. The molecule has 0 saturated heterocycles. The quantitative estimate of drug-likeness (QED) is 0.515. The number of hydrogen-bond acceptors (Lipinski definition) is 5. The van der Waals surface area contributed by atoms with Crippen molar-refractivity contribution >= 4 is 23.0 Å². The summed E-state index contributed by atoms with van der Waals surface area (Å²) in [6, 6.07) is 7.35. The van der Waals surface area contributed by atoms with Crippen LogP contribution in [0.15, 0.2) is 36.7 Å². The van der Waals surface area contributed by atoms with Crippen molar-refractivity contribution in [2.45, 2.75) is 0 Å². The summed E-state index contributed by atoms with van der Waals surface area (Å²) in [7, 11) is 3.26. The lowest BCUT2D eigenvalue weighted by Crippen LogP contribution is -2.09. The number of aromatic nitrogens is 2. The van der Waals surface area contributed by atoms with Crippen LogP contribution in [0.1, 0.15) is 10.4 Å². The van der Waals surface area contributed by atoms with Crippen LogP contribution >= 0.6 is 0 Å². The van der Waals surface area contributed by atoms with Gasteiger partial charge >= 0.3 is 0 Å². The van der Waals surface area contributed by atoms with Gasteiger partial charge in [-0.05, 0) is 18.2 Å². The van der Waals surface area contributed by atoms with Crippen molar-refractivity contribution in [3.63, 3.8) is 0 Å². The van der Waals surface area contributed by atoms with Gasteiger partial charge in [0.05, 0.1) is 19.4 Å². The Labute approximate surface area is 139 Å². The van der Waals surface area contributed by atoms with E-state index in [4.69, 9.17) is 9.47 Å². The number of H-pyrrole nitrogens is 1. The number of nitrogens with zero attached hydrogens (tertiary/aromatic N) is 1. The number of carbonyl (C=O) groups excluding carboxylic acids is 1. The van der Waals surface area contributed by atoms with Crippen LogP contribution in [0, 0.1) is 0 Å². The van der Waals surface area contributed by atoms with Gasteiger partial charge in [-0.3, -0.25) is 4.79 Å². The SMILES string of the molecule is COCCNc1c(-c2ccc(C=O)cc2OC)cnc2[nH]ccc12. The summed E-state index contributed by atoms with van der Waals surface area (Å²) in [5, 5.41) is 4.40. The number of nitrogens with one attached hydrogen (secondary N) is 2. The van der Waals surface area contributed by atoms with Crippen LogP contribution in [0.4, 0.5) is 5.69 Å². The average Bonchev–Trinajstić information content (AvgIpc) is 3.10. The largest absolute Gasteiger partial charge is 0.496 e. The van der Waals surface area contributed by atoms with E-state index in [-0.39, 0.29) is 0 Å². The van der Waals surface area contributed by atoms with Crippen molar-refractivity contribution in [3.8, 4) is 16.9 Å². The molecular weight excluding hydrogens is 306 g/mol. The fraction of sp³-hybridized carbons (Fsp3) is 0.222. The number of carbonyl (C=O) groups is 1. The van der Waals surface area contributed by atoms with Crippen molar-refractivity contribution in [3.05, 3.63) is 42.2 Å². The molecule has 3 aromatic rings. The molecule has 0 fully saturated rings. The molecule has 0 aliphatic heterocycles. The molecule has 124 valence electrons. The number of benzene rings is 1. The summed E-state index contributed by atoms with van der Waals surface area (Å²) >= 11 is 0. The Balaban J connectivity index is 2.14. The molecule has 0 aliphatic carbocycles. The molecule has 1 aromatic carbocycles. The molecule has 6 heteroatoms. The summed E-state index contributed by atoms with van der Waals surface area (Å²) in [6.07, 6.45) is 4.46. The van der Waals surface area contributed by atoms with Crippen molar-refractivity contribution in [1.82, 2.24) is 9.97 Å². The topological polar surface area (TPSA) is 76.2 Å². The van der Waals surface area contributed by atoms with Crippen molar-refractivity contribution < 1.29 is 14.3 Å². The van der Waals surface area contributed by atoms with Crippen LogP contribution in [-0.4, -0.2) is 43.6 Å². The lowest BCUT2D eigenvalue weighted by molar-refractivity contribution is 0.112. The van der Waals surface area contributed by atoms with E-state index in [0.29, 0.717) is 24.5 Å². The molecule has 2 aromatic heterocycles. The van der Waals surface area contributed by atoms with Crippen molar-refractivity contribution in [1.29, 1.82) is 0 Å².